The van der Waals surface area contributed by atoms with Crippen LogP contribution in [0.2, 0.25) is 0 Å². The lowest BCUT2D eigenvalue weighted by atomic mass is 9.73. The van der Waals surface area contributed by atoms with E-state index < -0.39 is 29.4 Å². The quantitative estimate of drug-likeness (QED) is 0.865. The van der Waals surface area contributed by atoms with Gasteiger partial charge in [0.25, 0.3) is 0 Å². The summed E-state index contributed by atoms with van der Waals surface area (Å²) in [6, 6.07) is 3.89. The van der Waals surface area contributed by atoms with Crippen molar-refractivity contribution in [2.75, 3.05) is 6.54 Å². The molecule has 1 fully saturated rings. The summed E-state index contributed by atoms with van der Waals surface area (Å²) in [6.07, 6.45) is 1.23. The number of carbonyl (C=O) groups is 2. The van der Waals surface area contributed by atoms with Crippen molar-refractivity contribution in [2.45, 2.75) is 19.3 Å². The van der Waals surface area contributed by atoms with Gasteiger partial charge < -0.3 is 10.4 Å². The summed E-state index contributed by atoms with van der Waals surface area (Å²) >= 11 is 0. The topological polar surface area (TPSA) is 66.4 Å². The zero-order valence-electron chi connectivity index (χ0n) is 10.7. The van der Waals surface area contributed by atoms with Crippen LogP contribution in [0.1, 0.15) is 18.4 Å². The molecule has 1 aromatic carbocycles. The third-order valence-electron chi connectivity index (χ3n) is 3.65. The van der Waals surface area contributed by atoms with Gasteiger partial charge in [-0.1, -0.05) is 12.1 Å². The SMILES string of the molecule is O=C(O)C1CCC1C(=O)NCCc1cccc(F)c1F. The van der Waals surface area contributed by atoms with E-state index >= 15 is 0 Å². The molecule has 20 heavy (non-hydrogen) atoms. The first kappa shape index (κ1) is 14.4. The molecule has 0 radical (unpaired) electrons. The molecule has 108 valence electrons. The van der Waals surface area contributed by atoms with E-state index in [1.807, 2.05) is 0 Å². The van der Waals surface area contributed by atoms with E-state index in [4.69, 9.17) is 5.11 Å². The first-order valence-corrected chi connectivity index (χ1v) is 6.44. The van der Waals surface area contributed by atoms with E-state index in [1.54, 1.807) is 0 Å². The predicted octanol–water partition coefficient (Wildman–Crippen LogP) is 1.73. The Labute approximate surface area is 114 Å². The van der Waals surface area contributed by atoms with Crippen LogP contribution >= 0.6 is 0 Å². The standard InChI is InChI=1S/C14H15F2NO3/c15-11-3-1-2-8(12(11)16)6-7-17-13(18)9-4-5-10(9)14(19)20/h1-3,9-10H,4-7H2,(H,17,18)(H,19,20). The fraction of sp³-hybridized carbons (Fsp3) is 0.429. The Morgan fingerprint density at radius 2 is 1.95 bits per heavy atom. The van der Waals surface area contributed by atoms with Crippen molar-refractivity contribution < 1.29 is 23.5 Å². The number of carboxylic acid groups (broad SMARTS) is 1. The molecular weight excluding hydrogens is 268 g/mol. The fourth-order valence-electron chi connectivity index (χ4n) is 2.30. The summed E-state index contributed by atoms with van der Waals surface area (Å²) in [5.41, 5.74) is 0.189. The van der Waals surface area contributed by atoms with E-state index in [2.05, 4.69) is 5.32 Å². The van der Waals surface area contributed by atoms with Crippen LogP contribution in [0.3, 0.4) is 0 Å². The number of nitrogens with one attached hydrogen (secondary N) is 1. The molecule has 1 aromatic rings. The van der Waals surface area contributed by atoms with E-state index in [1.165, 1.54) is 12.1 Å². The molecule has 1 saturated carbocycles. The highest BCUT2D eigenvalue weighted by atomic mass is 19.2. The maximum atomic E-state index is 13.4. The molecule has 0 heterocycles. The fourth-order valence-corrected chi connectivity index (χ4v) is 2.30. The van der Waals surface area contributed by atoms with Gasteiger partial charge in [-0.15, -0.1) is 0 Å². The van der Waals surface area contributed by atoms with Crippen LogP contribution in [0.25, 0.3) is 0 Å². The second-order valence-corrected chi connectivity index (χ2v) is 4.88. The van der Waals surface area contributed by atoms with Crippen LogP contribution < -0.4 is 5.32 Å². The number of hydrogen-bond acceptors (Lipinski definition) is 2. The number of amides is 1. The number of rotatable bonds is 5. The molecule has 2 atom stereocenters. The average Bonchev–Trinajstić information content (AvgIpc) is 2.32. The van der Waals surface area contributed by atoms with Gasteiger partial charge >= 0.3 is 5.97 Å². The summed E-state index contributed by atoms with van der Waals surface area (Å²) < 4.78 is 26.3. The van der Waals surface area contributed by atoms with Crippen LogP contribution in [-0.4, -0.2) is 23.5 Å². The third kappa shape index (κ3) is 2.95. The van der Waals surface area contributed by atoms with Gasteiger partial charge in [0.15, 0.2) is 11.6 Å². The number of benzene rings is 1. The highest BCUT2D eigenvalue weighted by Crippen LogP contribution is 2.34. The minimum absolute atomic E-state index is 0.155. The van der Waals surface area contributed by atoms with Gasteiger partial charge in [0, 0.05) is 6.54 Å². The lowest BCUT2D eigenvalue weighted by molar-refractivity contribution is -0.152. The number of hydrogen-bond donors (Lipinski definition) is 2. The van der Waals surface area contributed by atoms with Crippen molar-refractivity contribution in [2.24, 2.45) is 11.8 Å². The number of aliphatic carboxylic acids is 1. The molecule has 0 aromatic heterocycles. The summed E-state index contributed by atoms with van der Waals surface area (Å²) in [4.78, 5) is 22.5. The minimum atomic E-state index is -0.965. The lowest BCUT2D eigenvalue weighted by Crippen LogP contribution is -2.44. The molecule has 0 spiro atoms. The first-order chi connectivity index (χ1) is 9.50. The van der Waals surface area contributed by atoms with Crippen molar-refractivity contribution in [3.63, 3.8) is 0 Å². The van der Waals surface area contributed by atoms with Crippen molar-refractivity contribution in [3.05, 3.63) is 35.4 Å². The summed E-state index contributed by atoms with van der Waals surface area (Å²) in [6.45, 7) is 0.155. The Hall–Kier alpha value is -1.98. The molecule has 2 N–H and O–H groups in total. The molecule has 1 aliphatic carbocycles. The van der Waals surface area contributed by atoms with Gasteiger partial charge in [0.1, 0.15) is 0 Å². The normalized spacial score (nSPS) is 21.1. The minimum Gasteiger partial charge on any atom is -0.481 e. The van der Waals surface area contributed by atoms with Crippen LogP contribution in [-0.2, 0) is 16.0 Å². The Morgan fingerprint density at radius 3 is 2.55 bits per heavy atom. The molecular formula is C14H15F2NO3. The third-order valence-corrected chi connectivity index (χ3v) is 3.65. The van der Waals surface area contributed by atoms with Gasteiger partial charge in [-0.2, -0.15) is 0 Å². The lowest BCUT2D eigenvalue weighted by Gasteiger charge is -2.31. The van der Waals surface area contributed by atoms with Gasteiger partial charge in [0.2, 0.25) is 5.91 Å². The zero-order chi connectivity index (χ0) is 14.7. The molecule has 1 amide bonds. The summed E-state index contributed by atoms with van der Waals surface area (Å²) in [5.74, 6) is -4.26. The van der Waals surface area contributed by atoms with Crippen LogP contribution in [0.15, 0.2) is 18.2 Å². The maximum absolute atomic E-state index is 13.4. The monoisotopic (exact) mass is 283 g/mol. The van der Waals surface area contributed by atoms with Crippen molar-refractivity contribution in [1.82, 2.24) is 5.32 Å². The van der Waals surface area contributed by atoms with E-state index in [0.717, 1.165) is 6.07 Å². The molecule has 0 bridgehead atoms. The number of carbonyl (C=O) groups excluding carboxylic acids is 1. The van der Waals surface area contributed by atoms with Crippen molar-refractivity contribution in [3.8, 4) is 0 Å². The van der Waals surface area contributed by atoms with Gasteiger partial charge in [-0.05, 0) is 30.9 Å². The smallest absolute Gasteiger partial charge is 0.307 e. The average molecular weight is 283 g/mol. The number of carboxylic acids is 1. The predicted molar refractivity (Wildman–Crippen MR) is 66.9 cm³/mol. The number of halogens is 2. The Morgan fingerprint density at radius 1 is 1.25 bits per heavy atom. The second-order valence-electron chi connectivity index (χ2n) is 4.88. The van der Waals surface area contributed by atoms with Crippen LogP contribution in [0, 0.1) is 23.5 Å². The Kier molecular flexibility index (Phi) is 4.32. The van der Waals surface area contributed by atoms with Gasteiger partial charge in [0.05, 0.1) is 11.8 Å². The van der Waals surface area contributed by atoms with E-state index in [0.29, 0.717) is 12.8 Å². The molecule has 0 aliphatic heterocycles. The molecule has 6 heteroatoms. The largest absolute Gasteiger partial charge is 0.481 e. The van der Waals surface area contributed by atoms with Crippen LogP contribution in [0.4, 0.5) is 8.78 Å². The van der Waals surface area contributed by atoms with E-state index in [9.17, 15) is 18.4 Å². The van der Waals surface area contributed by atoms with E-state index in [-0.39, 0.29) is 24.4 Å². The summed E-state index contributed by atoms with van der Waals surface area (Å²) in [7, 11) is 0. The zero-order valence-corrected chi connectivity index (χ0v) is 10.7. The van der Waals surface area contributed by atoms with Gasteiger partial charge in [-0.25, -0.2) is 8.78 Å². The summed E-state index contributed by atoms with van der Waals surface area (Å²) in [5, 5.41) is 11.4. The van der Waals surface area contributed by atoms with Crippen LogP contribution in [0.5, 0.6) is 0 Å². The molecule has 1 aliphatic rings. The maximum Gasteiger partial charge on any atom is 0.307 e. The molecule has 0 saturated heterocycles. The van der Waals surface area contributed by atoms with Crippen molar-refractivity contribution >= 4 is 11.9 Å². The Bertz CT molecular complexity index is 533. The highest BCUT2D eigenvalue weighted by Gasteiger charge is 2.41. The van der Waals surface area contributed by atoms with Crippen molar-refractivity contribution in [1.29, 1.82) is 0 Å². The molecule has 4 nitrogen and oxygen atoms in total. The highest BCUT2D eigenvalue weighted by molar-refractivity contribution is 5.86. The Balaban J connectivity index is 1.83. The first-order valence-electron chi connectivity index (χ1n) is 6.44. The second kappa shape index (κ2) is 5.98. The molecule has 2 rings (SSSR count). The molecule has 2 unspecified atom stereocenters. The van der Waals surface area contributed by atoms with Gasteiger partial charge in [-0.3, -0.25) is 9.59 Å².